The zero-order valence-electron chi connectivity index (χ0n) is 13.0. The Bertz CT molecular complexity index is 643. The van der Waals surface area contributed by atoms with E-state index in [9.17, 15) is 14.4 Å². The Hall–Kier alpha value is -3.79. The molecule has 3 aromatic rings. The molecule has 0 fully saturated rings. The van der Waals surface area contributed by atoms with Crippen molar-refractivity contribution in [3.05, 3.63) is 72.1 Å². The number of nitrogens with one attached hydrogen (secondary N) is 3. The summed E-state index contributed by atoms with van der Waals surface area (Å²) < 4.78 is 0. The molecule has 9 N–H and O–H groups in total. The molecule has 0 aliphatic rings. The number of aromatic nitrogens is 3. The number of carboxylic acid groups (broad SMARTS) is 3. The minimum atomic E-state index is -0.921. The van der Waals surface area contributed by atoms with Gasteiger partial charge in [-0.2, -0.15) is 0 Å². The van der Waals surface area contributed by atoms with E-state index in [-0.39, 0.29) is 23.2 Å². The van der Waals surface area contributed by atoms with E-state index in [0.717, 1.165) is 0 Å². The van der Waals surface area contributed by atoms with Gasteiger partial charge in [-0.15, -0.1) is 0 Å². The van der Waals surface area contributed by atoms with Crippen LogP contribution < -0.4 is 6.15 Å². The van der Waals surface area contributed by atoms with Crippen molar-refractivity contribution in [1.29, 1.82) is 0 Å². The predicted molar refractivity (Wildman–Crippen MR) is 88.3 cm³/mol. The first-order valence-electron chi connectivity index (χ1n) is 6.52. The molecule has 0 aliphatic carbocycles. The van der Waals surface area contributed by atoms with Crippen LogP contribution in [0, 0.1) is 0 Å². The van der Waals surface area contributed by atoms with Crippen molar-refractivity contribution >= 4 is 17.9 Å². The Kier molecular flexibility index (Phi) is 9.21. The molecule has 3 aromatic heterocycles. The standard InChI is InChI=1S/3C5H5NO2.H3N/c3*7-5(8)4-2-1-3-6-4;/h3*1-3,6H,(H,7,8);1H3. The van der Waals surface area contributed by atoms with Crippen LogP contribution in [-0.4, -0.2) is 48.2 Å². The average Bonchev–Trinajstić information content (AvgIpc) is 3.29. The molecule has 0 saturated heterocycles. The third-order valence-electron chi connectivity index (χ3n) is 2.49. The SMILES string of the molecule is N.O=C(O)c1ccc[nH]1.O=C(O)c1ccc[nH]1.O=C(O)c1ccc[nH]1. The monoisotopic (exact) mass is 350 g/mol. The van der Waals surface area contributed by atoms with E-state index in [1.54, 1.807) is 36.8 Å². The van der Waals surface area contributed by atoms with Gasteiger partial charge in [0.05, 0.1) is 0 Å². The first-order chi connectivity index (χ1) is 11.4. The molecular weight excluding hydrogens is 332 g/mol. The van der Waals surface area contributed by atoms with E-state index in [0.29, 0.717) is 0 Å². The summed E-state index contributed by atoms with van der Waals surface area (Å²) >= 11 is 0. The Morgan fingerprint density at radius 1 is 0.600 bits per heavy atom. The zero-order chi connectivity index (χ0) is 17.9. The van der Waals surface area contributed by atoms with Gasteiger partial charge in [-0.05, 0) is 36.4 Å². The van der Waals surface area contributed by atoms with Crippen LogP contribution in [0.25, 0.3) is 0 Å². The lowest BCUT2D eigenvalue weighted by atomic mass is 10.4. The molecule has 10 nitrogen and oxygen atoms in total. The molecule has 3 rings (SSSR count). The fourth-order valence-electron chi connectivity index (χ4n) is 1.39. The van der Waals surface area contributed by atoms with Crippen LogP contribution in [0.4, 0.5) is 0 Å². The Morgan fingerprint density at radius 3 is 0.920 bits per heavy atom. The molecule has 3 heterocycles. The molecule has 0 unspecified atom stereocenters. The summed E-state index contributed by atoms with van der Waals surface area (Å²) in [4.78, 5) is 37.7. The maximum Gasteiger partial charge on any atom is 0.352 e. The third kappa shape index (κ3) is 7.85. The molecule has 25 heavy (non-hydrogen) atoms. The Labute approximate surface area is 141 Å². The van der Waals surface area contributed by atoms with Gasteiger partial charge in [0.25, 0.3) is 0 Å². The van der Waals surface area contributed by atoms with E-state index in [4.69, 9.17) is 15.3 Å². The molecule has 0 radical (unpaired) electrons. The second-order valence-electron chi connectivity index (χ2n) is 4.17. The maximum absolute atomic E-state index is 10.0. The highest BCUT2D eigenvalue weighted by atomic mass is 16.4. The summed E-state index contributed by atoms with van der Waals surface area (Å²) in [5.41, 5.74) is 0.681. The van der Waals surface area contributed by atoms with Crippen molar-refractivity contribution in [2.75, 3.05) is 0 Å². The number of carbonyl (C=O) groups is 3. The van der Waals surface area contributed by atoms with Gasteiger partial charge in [0.2, 0.25) is 0 Å². The molecule has 10 heteroatoms. The third-order valence-corrected chi connectivity index (χ3v) is 2.49. The summed E-state index contributed by atoms with van der Waals surface area (Å²) in [6.07, 6.45) is 4.72. The quantitative estimate of drug-likeness (QED) is 0.376. The molecule has 0 saturated carbocycles. The number of rotatable bonds is 3. The van der Waals surface area contributed by atoms with E-state index >= 15 is 0 Å². The molecule has 0 amide bonds. The number of H-pyrrole nitrogens is 3. The van der Waals surface area contributed by atoms with Crippen molar-refractivity contribution < 1.29 is 29.7 Å². The van der Waals surface area contributed by atoms with Crippen LogP contribution >= 0.6 is 0 Å². The van der Waals surface area contributed by atoms with Crippen molar-refractivity contribution in [3.63, 3.8) is 0 Å². The molecule has 0 atom stereocenters. The topological polar surface area (TPSA) is 194 Å². The van der Waals surface area contributed by atoms with Crippen LogP contribution in [0.1, 0.15) is 31.5 Å². The second kappa shape index (κ2) is 10.9. The first-order valence-corrected chi connectivity index (χ1v) is 6.52. The minimum absolute atomic E-state index is 0. The zero-order valence-corrected chi connectivity index (χ0v) is 13.0. The van der Waals surface area contributed by atoms with Gasteiger partial charge in [0.1, 0.15) is 17.1 Å². The first kappa shape index (κ1) is 21.2. The highest BCUT2D eigenvalue weighted by molar-refractivity contribution is 5.86. The average molecular weight is 350 g/mol. The lowest BCUT2D eigenvalue weighted by molar-refractivity contribution is 0.0680. The summed E-state index contributed by atoms with van der Waals surface area (Å²) in [5.74, 6) is -2.76. The maximum atomic E-state index is 10.0. The van der Waals surface area contributed by atoms with Crippen molar-refractivity contribution in [1.82, 2.24) is 21.1 Å². The van der Waals surface area contributed by atoms with Crippen LogP contribution in [0.3, 0.4) is 0 Å². The normalized spacial score (nSPS) is 8.64. The van der Waals surface area contributed by atoms with Gasteiger partial charge in [-0.1, -0.05) is 0 Å². The fraction of sp³-hybridized carbons (Fsp3) is 0. The smallest absolute Gasteiger partial charge is 0.352 e. The van der Waals surface area contributed by atoms with Crippen LogP contribution in [0.15, 0.2) is 55.0 Å². The van der Waals surface area contributed by atoms with Gasteiger partial charge in [0, 0.05) is 18.6 Å². The summed E-state index contributed by atoms with van der Waals surface area (Å²) in [7, 11) is 0. The largest absolute Gasteiger partial charge is 0.477 e. The fourth-order valence-corrected chi connectivity index (χ4v) is 1.39. The lowest BCUT2D eigenvalue weighted by Crippen LogP contribution is -1.94. The lowest BCUT2D eigenvalue weighted by Gasteiger charge is -1.80. The molecule has 0 aromatic carbocycles. The van der Waals surface area contributed by atoms with Crippen molar-refractivity contribution in [2.24, 2.45) is 0 Å². The van der Waals surface area contributed by atoms with E-state index in [1.807, 2.05) is 0 Å². The van der Waals surface area contributed by atoms with Crippen molar-refractivity contribution in [3.8, 4) is 0 Å². The second-order valence-corrected chi connectivity index (χ2v) is 4.17. The summed E-state index contributed by atoms with van der Waals surface area (Å²) in [6.45, 7) is 0. The van der Waals surface area contributed by atoms with Gasteiger partial charge >= 0.3 is 17.9 Å². The van der Waals surface area contributed by atoms with E-state index < -0.39 is 17.9 Å². The summed E-state index contributed by atoms with van der Waals surface area (Å²) in [5, 5.41) is 24.7. The molecular formula is C15H18N4O6. The highest BCUT2D eigenvalue weighted by Gasteiger charge is 1.99. The number of aromatic amines is 3. The van der Waals surface area contributed by atoms with Gasteiger partial charge in [-0.3, -0.25) is 0 Å². The van der Waals surface area contributed by atoms with Crippen LogP contribution in [0.2, 0.25) is 0 Å². The number of aromatic carboxylic acids is 3. The van der Waals surface area contributed by atoms with Crippen LogP contribution in [0.5, 0.6) is 0 Å². The summed E-state index contributed by atoms with van der Waals surface area (Å²) in [6, 6.07) is 9.43. The van der Waals surface area contributed by atoms with Crippen LogP contribution in [-0.2, 0) is 0 Å². The number of carboxylic acids is 3. The number of hydrogen-bond acceptors (Lipinski definition) is 4. The van der Waals surface area contributed by atoms with Gasteiger partial charge < -0.3 is 36.4 Å². The Morgan fingerprint density at radius 2 is 0.840 bits per heavy atom. The molecule has 134 valence electrons. The minimum Gasteiger partial charge on any atom is -0.477 e. The highest BCUT2D eigenvalue weighted by Crippen LogP contribution is 1.92. The number of hydrogen-bond donors (Lipinski definition) is 7. The van der Waals surface area contributed by atoms with Gasteiger partial charge in [-0.25, -0.2) is 14.4 Å². The van der Waals surface area contributed by atoms with Gasteiger partial charge in [0.15, 0.2) is 0 Å². The van der Waals surface area contributed by atoms with E-state index in [1.165, 1.54) is 18.2 Å². The molecule has 0 spiro atoms. The molecule has 0 bridgehead atoms. The molecule has 0 aliphatic heterocycles. The van der Waals surface area contributed by atoms with Crippen molar-refractivity contribution in [2.45, 2.75) is 0 Å². The van der Waals surface area contributed by atoms with E-state index in [2.05, 4.69) is 15.0 Å². The Balaban J connectivity index is 0.000000339. The predicted octanol–water partition coefficient (Wildman–Crippen LogP) is 2.30.